The van der Waals surface area contributed by atoms with Crippen LogP contribution in [-0.4, -0.2) is 64.1 Å². The molecule has 1 saturated carbocycles. The Morgan fingerprint density at radius 3 is 2.42 bits per heavy atom. The van der Waals surface area contributed by atoms with Gasteiger partial charge in [0.25, 0.3) is 5.91 Å². The Bertz CT molecular complexity index is 1190. The number of piperidine rings is 1. The molecule has 172 valence electrons. The van der Waals surface area contributed by atoms with Crippen molar-refractivity contribution < 1.29 is 14.3 Å². The predicted molar refractivity (Wildman–Crippen MR) is 125 cm³/mol. The molecular formula is C25H29N5O3. The second kappa shape index (κ2) is 7.73. The number of fused-ring (bicyclic) bond motifs is 3. The van der Waals surface area contributed by atoms with Gasteiger partial charge in [-0.1, -0.05) is 0 Å². The van der Waals surface area contributed by atoms with Crippen molar-refractivity contribution in [3.63, 3.8) is 0 Å². The first-order valence-electron chi connectivity index (χ1n) is 11.8. The SMILES string of the molecule is CN(C)C(=O)c1cc2cc(O)c(-c3cnc(N(C4CC4)C4C[C@H]5CC[C@@H](C4)N5)cn3)cc2o1. The number of anilines is 1. The van der Waals surface area contributed by atoms with Gasteiger partial charge in [-0.15, -0.1) is 0 Å². The quantitative estimate of drug-likeness (QED) is 0.618. The van der Waals surface area contributed by atoms with Crippen LogP contribution in [0.4, 0.5) is 5.82 Å². The van der Waals surface area contributed by atoms with Crippen molar-refractivity contribution in [1.29, 1.82) is 0 Å². The van der Waals surface area contributed by atoms with Gasteiger partial charge in [0.15, 0.2) is 5.76 Å². The molecule has 6 rings (SSSR count). The Kier molecular flexibility index (Phi) is 4.79. The molecule has 3 aromatic rings. The third-order valence-corrected chi connectivity index (χ3v) is 7.21. The standard InChI is InChI=1S/C25H29N5O3/c1-29(2)25(32)23-8-14-7-21(31)19(11-22(14)33-23)20-12-27-24(13-26-20)30(17-5-6-17)18-9-15-3-4-16(10-18)28-15/h7-8,11-13,15-18,28,31H,3-6,9-10H2,1-2H3/t15-,16+,18?. The molecule has 4 heterocycles. The third-order valence-electron chi connectivity index (χ3n) is 7.21. The summed E-state index contributed by atoms with van der Waals surface area (Å²) in [5.74, 6) is 1.03. The Morgan fingerprint density at radius 2 is 1.79 bits per heavy atom. The van der Waals surface area contributed by atoms with E-state index in [1.54, 1.807) is 38.5 Å². The number of rotatable bonds is 5. The summed E-state index contributed by atoms with van der Waals surface area (Å²) >= 11 is 0. The fourth-order valence-corrected chi connectivity index (χ4v) is 5.48. The minimum absolute atomic E-state index is 0.0863. The van der Waals surface area contributed by atoms with E-state index < -0.39 is 0 Å². The lowest BCUT2D eigenvalue weighted by Gasteiger charge is -2.38. The molecule has 1 amide bonds. The number of nitrogens with one attached hydrogen (secondary N) is 1. The van der Waals surface area contributed by atoms with Crippen LogP contribution < -0.4 is 10.2 Å². The average Bonchev–Trinajstić information content (AvgIpc) is 3.46. The second-order valence-corrected chi connectivity index (χ2v) is 9.88. The molecule has 8 nitrogen and oxygen atoms in total. The van der Waals surface area contributed by atoms with E-state index in [1.807, 2.05) is 6.20 Å². The lowest BCUT2D eigenvalue weighted by molar-refractivity contribution is 0.0799. The Balaban J connectivity index is 1.29. The highest BCUT2D eigenvalue weighted by atomic mass is 16.3. The molecule has 2 N–H and O–H groups in total. The molecule has 2 saturated heterocycles. The molecule has 1 aliphatic carbocycles. The van der Waals surface area contributed by atoms with Crippen molar-refractivity contribution in [1.82, 2.24) is 20.2 Å². The smallest absolute Gasteiger partial charge is 0.289 e. The van der Waals surface area contributed by atoms with Crippen LogP contribution in [0.1, 0.15) is 49.1 Å². The first-order valence-corrected chi connectivity index (χ1v) is 11.8. The molecule has 3 fully saturated rings. The number of benzene rings is 1. The van der Waals surface area contributed by atoms with Crippen LogP contribution in [0, 0.1) is 0 Å². The molecule has 2 aliphatic heterocycles. The molecule has 3 atom stereocenters. The van der Waals surface area contributed by atoms with Gasteiger partial charge < -0.3 is 24.6 Å². The van der Waals surface area contributed by atoms with Gasteiger partial charge in [-0.3, -0.25) is 9.78 Å². The normalized spacial score (nSPS) is 24.2. The fourth-order valence-electron chi connectivity index (χ4n) is 5.48. The minimum atomic E-state index is -0.220. The molecule has 1 unspecified atom stereocenters. The van der Waals surface area contributed by atoms with Crippen molar-refractivity contribution in [2.45, 2.75) is 62.7 Å². The highest BCUT2D eigenvalue weighted by Gasteiger charge is 2.41. The van der Waals surface area contributed by atoms with Crippen molar-refractivity contribution in [3.8, 4) is 17.0 Å². The van der Waals surface area contributed by atoms with Crippen LogP contribution >= 0.6 is 0 Å². The topological polar surface area (TPSA) is 94.7 Å². The number of aromatic hydroxyl groups is 1. The number of carbonyl (C=O) groups is 1. The van der Waals surface area contributed by atoms with E-state index in [9.17, 15) is 9.90 Å². The first-order chi connectivity index (χ1) is 16.0. The molecule has 2 bridgehead atoms. The number of nitrogens with zero attached hydrogens (tertiary/aromatic N) is 4. The lowest BCUT2D eigenvalue weighted by Crippen LogP contribution is -2.49. The zero-order valence-corrected chi connectivity index (χ0v) is 19.0. The zero-order chi connectivity index (χ0) is 22.7. The fraction of sp³-hybridized carbons (Fsp3) is 0.480. The van der Waals surface area contributed by atoms with Crippen molar-refractivity contribution in [3.05, 3.63) is 36.4 Å². The van der Waals surface area contributed by atoms with Crippen LogP contribution in [0.5, 0.6) is 5.75 Å². The largest absolute Gasteiger partial charge is 0.507 e. The van der Waals surface area contributed by atoms with Gasteiger partial charge >= 0.3 is 0 Å². The summed E-state index contributed by atoms with van der Waals surface area (Å²) in [6.45, 7) is 0. The highest BCUT2D eigenvalue weighted by molar-refractivity contribution is 5.97. The number of aromatic nitrogens is 2. The summed E-state index contributed by atoms with van der Waals surface area (Å²) in [6, 6.07) is 7.31. The van der Waals surface area contributed by atoms with E-state index in [0.29, 0.717) is 46.4 Å². The monoisotopic (exact) mass is 447 g/mol. The van der Waals surface area contributed by atoms with E-state index in [-0.39, 0.29) is 17.4 Å². The van der Waals surface area contributed by atoms with E-state index >= 15 is 0 Å². The van der Waals surface area contributed by atoms with Gasteiger partial charge in [0.05, 0.1) is 18.1 Å². The third kappa shape index (κ3) is 3.72. The van der Waals surface area contributed by atoms with Gasteiger partial charge in [-0.25, -0.2) is 4.98 Å². The number of phenolic OH excluding ortho intramolecular Hbond substituents is 1. The minimum Gasteiger partial charge on any atom is -0.507 e. The van der Waals surface area contributed by atoms with E-state index in [1.165, 1.54) is 43.4 Å². The maximum Gasteiger partial charge on any atom is 0.289 e. The maximum absolute atomic E-state index is 12.2. The van der Waals surface area contributed by atoms with E-state index in [2.05, 4.69) is 15.2 Å². The van der Waals surface area contributed by atoms with E-state index in [4.69, 9.17) is 9.40 Å². The molecule has 1 aromatic carbocycles. The molecule has 8 heteroatoms. The number of furan rings is 1. The van der Waals surface area contributed by atoms with Crippen molar-refractivity contribution >= 4 is 22.7 Å². The maximum atomic E-state index is 12.2. The molecule has 3 aliphatic rings. The van der Waals surface area contributed by atoms with Crippen molar-refractivity contribution in [2.24, 2.45) is 0 Å². The highest BCUT2D eigenvalue weighted by Crippen LogP contribution is 2.39. The number of amides is 1. The van der Waals surface area contributed by atoms with E-state index in [0.717, 1.165) is 5.82 Å². The van der Waals surface area contributed by atoms with Gasteiger partial charge in [0.2, 0.25) is 0 Å². The number of phenols is 1. The average molecular weight is 448 g/mol. The van der Waals surface area contributed by atoms with Gasteiger partial charge in [-0.05, 0) is 56.7 Å². The molecule has 2 aromatic heterocycles. The van der Waals surface area contributed by atoms with Gasteiger partial charge in [-0.2, -0.15) is 0 Å². The van der Waals surface area contributed by atoms with Gasteiger partial charge in [0.1, 0.15) is 17.2 Å². The Labute approximate surface area is 192 Å². The zero-order valence-electron chi connectivity index (χ0n) is 19.0. The Hall–Kier alpha value is -3.13. The summed E-state index contributed by atoms with van der Waals surface area (Å²) < 4.78 is 5.75. The Morgan fingerprint density at radius 1 is 1.03 bits per heavy atom. The number of hydrogen-bond donors (Lipinski definition) is 2. The van der Waals surface area contributed by atoms with Crippen molar-refractivity contribution in [2.75, 3.05) is 19.0 Å². The summed E-state index contributed by atoms with van der Waals surface area (Å²) in [6.07, 6.45) is 10.9. The second-order valence-electron chi connectivity index (χ2n) is 9.88. The first kappa shape index (κ1) is 20.5. The molecule has 0 spiro atoms. The van der Waals surface area contributed by atoms with Gasteiger partial charge in [0, 0.05) is 49.2 Å². The van der Waals surface area contributed by atoms with Crippen LogP contribution in [0.15, 0.2) is 35.0 Å². The predicted octanol–water partition coefficient (Wildman–Crippen LogP) is 3.55. The summed E-state index contributed by atoms with van der Waals surface area (Å²) in [5, 5.41) is 15.0. The molecule has 33 heavy (non-hydrogen) atoms. The number of hydrogen-bond acceptors (Lipinski definition) is 7. The van der Waals surface area contributed by atoms with Crippen LogP contribution in [0.3, 0.4) is 0 Å². The van der Waals surface area contributed by atoms with Crippen LogP contribution in [0.2, 0.25) is 0 Å². The van der Waals surface area contributed by atoms with Crippen LogP contribution in [-0.2, 0) is 0 Å². The van der Waals surface area contributed by atoms with Crippen LogP contribution in [0.25, 0.3) is 22.2 Å². The summed E-state index contributed by atoms with van der Waals surface area (Å²) in [5.41, 5.74) is 1.65. The summed E-state index contributed by atoms with van der Waals surface area (Å²) in [7, 11) is 3.35. The lowest BCUT2D eigenvalue weighted by atomic mass is 9.98. The summed E-state index contributed by atoms with van der Waals surface area (Å²) in [4.78, 5) is 25.6. The molecular weight excluding hydrogens is 418 g/mol. The molecule has 0 radical (unpaired) electrons. The number of carbonyl (C=O) groups excluding carboxylic acids is 1.